The normalized spacial score (nSPS) is 11.9. The summed E-state index contributed by atoms with van der Waals surface area (Å²) in [4.78, 5) is 4.55. The predicted octanol–water partition coefficient (Wildman–Crippen LogP) is 5.06. The summed E-state index contributed by atoms with van der Waals surface area (Å²) in [5, 5.41) is 2.78. The summed E-state index contributed by atoms with van der Waals surface area (Å²) in [5.41, 5.74) is 6.43. The third-order valence-corrected chi connectivity index (χ3v) is 6.14. The monoisotopic (exact) mass is 305 g/mol. The van der Waals surface area contributed by atoms with Gasteiger partial charge < -0.3 is 0 Å². The Hall–Kier alpha value is -1.93. The molecule has 0 radical (unpaired) electrons. The van der Waals surface area contributed by atoms with Crippen molar-refractivity contribution >= 4 is 24.2 Å². The van der Waals surface area contributed by atoms with Gasteiger partial charge in [0.25, 0.3) is 0 Å². The molecule has 22 heavy (non-hydrogen) atoms. The van der Waals surface area contributed by atoms with Gasteiger partial charge >= 0.3 is 0 Å². The second-order valence-corrected chi connectivity index (χ2v) is 12.2. The molecule has 1 nitrogen and oxygen atoms in total. The Kier molecular flexibility index (Phi) is 3.65. The summed E-state index contributed by atoms with van der Waals surface area (Å²) < 4.78 is 0. The molecule has 3 rings (SSSR count). The first-order chi connectivity index (χ1) is 10.4. The lowest BCUT2D eigenvalue weighted by Gasteiger charge is -2.23. The lowest BCUT2D eigenvalue weighted by molar-refractivity contribution is 1.38. The van der Waals surface area contributed by atoms with E-state index in [0.717, 1.165) is 5.52 Å². The quantitative estimate of drug-likeness (QED) is 0.603. The average Bonchev–Trinajstić information content (AvgIpc) is 2.44. The van der Waals surface area contributed by atoms with E-state index < -0.39 is 8.07 Å². The molecule has 0 aliphatic heterocycles. The molecule has 1 heterocycles. The number of rotatable bonds is 2. The van der Waals surface area contributed by atoms with Crippen LogP contribution in [0.15, 0.2) is 48.7 Å². The molecule has 0 N–H and O–H groups in total. The molecule has 0 fully saturated rings. The van der Waals surface area contributed by atoms with Crippen LogP contribution in [-0.2, 0) is 0 Å². The second kappa shape index (κ2) is 5.36. The van der Waals surface area contributed by atoms with Crippen molar-refractivity contribution < 1.29 is 0 Å². The van der Waals surface area contributed by atoms with E-state index in [9.17, 15) is 0 Å². The van der Waals surface area contributed by atoms with Crippen LogP contribution in [0.5, 0.6) is 0 Å². The van der Waals surface area contributed by atoms with Crippen LogP contribution in [0.1, 0.15) is 11.1 Å². The molecule has 0 amide bonds. The van der Waals surface area contributed by atoms with Gasteiger partial charge in [0.15, 0.2) is 0 Å². The third kappa shape index (κ3) is 2.71. The predicted molar refractivity (Wildman–Crippen MR) is 99.6 cm³/mol. The maximum absolute atomic E-state index is 4.55. The summed E-state index contributed by atoms with van der Waals surface area (Å²) in [7, 11) is -1.44. The minimum absolute atomic E-state index is 1.08. The molecule has 0 bridgehead atoms. The number of hydrogen-bond donors (Lipinski definition) is 0. The van der Waals surface area contributed by atoms with E-state index in [2.05, 4.69) is 74.9 Å². The number of aryl methyl sites for hydroxylation is 2. The van der Waals surface area contributed by atoms with Gasteiger partial charge in [-0.05, 0) is 37.1 Å². The fourth-order valence-corrected chi connectivity index (χ4v) is 4.82. The lowest BCUT2D eigenvalue weighted by atomic mass is 9.97. The Bertz CT molecular complexity index is 824. The number of fused-ring (bicyclic) bond motifs is 1. The molecule has 0 saturated carbocycles. The highest BCUT2D eigenvalue weighted by Gasteiger charge is 2.22. The van der Waals surface area contributed by atoms with E-state index >= 15 is 0 Å². The first-order valence-electron chi connectivity index (χ1n) is 7.83. The van der Waals surface area contributed by atoms with Gasteiger partial charge in [-0.2, -0.15) is 0 Å². The third-order valence-electron chi connectivity index (χ3n) is 4.10. The number of hydrogen-bond acceptors (Lipinski definition) is 1. The van der Waals surface area contributed by atoms with Crippen molar-refractivity contribution in [3.8, 4) is 11.1 Å². The molecule has 0 spiro atoms. The van der Waals surface area contributed by atoms with Crippen LogP contribution < -0.4 is 5.19 Å². The fourth-order valence-electron chi connectivity index (χ4n) is 3.21. The molecular weight excluding hydrogens is 282 g/mol. The summed E-state index contributed by atoms with van der Waals surface area (Å²) in [6.45, 7) is 11.6. The van der Waals surface area contributed by atoms with Crippen molar-refractivity contribution in [2.24, 2.45) is 0 Å². The Morgan fingerprint density at radius 3 is 2.18 bits per heavy atom. The van der Waals surface area contributed by atoms with Crippen molar-refractivity contribution in [3.63, 3.8) is 0 Å². The van der Waals surface area contributed by atoms with Crippen LogP contribution in [0, 0.1) is 13.8 Å². The highest BCUT2D eigenvalue weighted by Crippen LogP contribution is 2.29. The van der Waals surface area contributed by atoms with E-state index in [0.29, 0.717) is 0 Å². The summed E-state index contributed by atoms with van der Waals surface area (Å²) in [6, 6.07) is 15.6. The van der Waals surface area contributed by atoms with Crippen molar-refractivity contribution in [3.05, 3.63) is 59.8 Å². The molecule has 0 unspecified atom stereocenters. The van der Waals surface area contributed by atoms with Crippen molar-refractivity contribution in [1.29, 1.82) is 0 Å². The number of benzene rings is 2. The molecule has 112 valence electrons. The van der Waals surface area contributed by atoms with E-state index in [-0.39, 0.29) is 0 Å². The Morgan fingerprint density at radius 2 is 1.55 bits per heavy atom. The van der Waals surface area contributed by atoms with E-state index in [4.69, 9.17) is 0 Å². The van der Waals surface area contributed by atoms with Crippen molar-refractivity contribution in [2.75, 3.05) is 0 Å². The van der Waals surface area contributed by atoms with Gasteiger partial charge in [0.2, 0.25) is 0 Å². The Balaban J connectivity index is 2.43. The SMILES string of the molecule is Cc1cc(C)cc(-c2c([Si](C)(C)C)ccc3ncccc23)c1. The molecule has 1 aromatic heterocycles. The average molecular weight is 305 g/mol. The van der Waals surface area contributed by atoms with Crippen molar-refractivity contribution in [2.45, 2.75) is 33.5 Å². The largest absolute Gasteiger partial charge is 0.256 e. The molecule has 0 aliphatic carbocycles. The Labute approximate surface area is 134 Å². The first kappa shape index (κ1) is 15.0. The van der Waals surface area contributed by atoms with Crippen LogP contribution in [0.3, 0.4) is 0 Å². The summed E-state index contributed by atoms with van der Waals surface area (Å²) >= 11 is 0. The van der Waals surface area contributed by atoms with Gasteiger partial charge in [0.1, 0.15) is 0 Å². The highest BCUT2D eigenvalue weighted by molar-refractivity contribution is 6.90. The van der Waals surface area contributed by atoms with E-state index in [1.165, 1.54) is 32.8 Å². The topological polar surface area (TPSA) is 12.9 Å². The lowest BCUT2D eigenvalue weighted by Crippen LogP contribution is -2.39. The number of nitrogens with zero attached hydrogens (tertiary/aromatic N) is 1. The standard InChI is InChI=1S/C20H23NSi/c1-14-11-15(2)13-16(12-14)20-17-7-6-10-21-18(17)8-9-19(20)22(3,4)5/h6-13H,1-5H3. The van der Waals surface area contributed by atoms with Crippen LogP contribution in [0.2, 0.25) is 19.6 Å². The molecule has 3 aromatic rings. The second-order valence-electron chi connectivity index (χ2n) is 7.18. The maximum atomic E-state index is 4.55. The smallest absolute Gasteiger partial charge is 0.0784 e. The maximum Gasteiger partial charge on any atom is 0.0784 e. The van der Waals surface area contributed by atoms with Crippen LogP contribution in [-0.4, -0.2) is 13.1 Å². The van der Waals surface area contributed by atoms with Crippen LogP contribution in [0.25, 0.3) is 22.0 Å². The van der Waals surface area contributed by atoms with Gasteiger partial charge in [0, 0.05) is 11.6 Å². The Morgan fingerprint density at radius 1 is 0.864 bits per heavy atom. The first-order valence-corrected chi connectivity index (χ1v) is 11.3. The van der Waals surface area contributed by atoms with Crippen LogP contribution >= 0.6 is 0 Å². The van der Waals surface area contributed by atoms with E-state index in [1.807, 2.05) is 12.3 Å². The molecule has 2 aromatic carbocycles. The highest BCUT2D eigenvalue weighted by atomic mass is 28.3. The van der Waals surface area contributed by atoms with Gasteiger partial charge in [-0.1, -0.05) is 66.3 Å². The van der Waals surface area contributed by atoms with Crippen LogP contribution in [0.4, 0.5) is 0 Å². The fraction of sp³-hybridized carbons (Fsp3) is 0.250. The molecule has 2 heteroatoms. The molecule has 0 atom stereocenters. The minimum Gasteiger partial charge on any atom is -0.256 e. The zero-order valence-corrected chi connectivity index (χ0v) is 15.1. The van der Waals surface area contributed by atoms with Gasteiger partial charge in [-0.15, -0.1) is 0 Å². The van der Waals surface area contributed by atoms with E-state index in [1.54, 1.807) is 0 Å². The van der Waals surface area contributed by atoms with Gasteiger partial charge in [-0.3, -0.25) is 4.98 Å². The van der Waals surface area contributed by atoms with Crippen molar-refractivity contribution in [1.82, 2.24) is 4.98 Å². The van der Waals surface area contributed by atoms with Gasteiger partial charge in [0.05, 0.1) is 13.6 Å². The number of pyridine rings is 1. The molecule has 0 saturated heterocycles. The zero-order chi connectivity index (χ0) is 15.9. The number of aromatic nitrogens is 1. The summed E-state index contributed by atoms with van der Waals surface area (Å²) in [5.74, 6) is 0. The van der Waals surface area contributed by atoms with Gasteiger partial charge in [-0.25, -0.2) is 0 Å². The molecular formula is C20H23NSi. The molecule has 0 aliphatic rings. The zero-order valence-electron chi connectivity index (χ0n) is 14.1. The summed E-state index contributed by atoms with van der Waals surface area (Å²) in [6.07, 6.45) is 1.88. The minimum atomic E-state index is -1.44.